The molecule has 0 saturated carbocycles. The van der Waals surface area contributed by atoms with Gasteiger partial charge in [0.1, 0.15) is 5.75 Å². The van der Waals surface area contributed by atoms with E-state index in [1.807, 2.05) is 0 Å². The van der Waals surface area contributed by atoms with Gasteiger partial charge in [-0.15, -0.1) is 11.3 Å². The zero-order chi connectivity index (χ0) is 13.0. The number of hydrogen-bond acceptors (Lipinski definition) is 4. The summed E-state index contributed by atoms with van der Waals surface area (Å²) in [6.07, 6.45) is -0.599. The van der Waals surface area contributed by atoms with Gasteiger partial charge in [0.15, 0.2) is 0 Å². The smallest absolute Gasteiger partial charge is 0.115 e. The van der Waals surface area contributed by atoms with Crippen molar-refractivity contribution < 1.29 is 10.2 Å². The Labute approximate surface area is 111 Å². The SMILES string of the molecule is Cc1ccc(CNCC(O)c2cccc(O)c2)s1. The van der Waals surface area contributed by atoms with E-state index in [2.05, 4.69) is 24.4 Å². The third-order valence-electron chi connectivity index (χ3n) is 2.69. The highest BCUT2D eigenvalue weighted by atomic mass is 32.1. The number of hydrogen-bond donors (Lipinski definition) is 3. The molecule has 2 aromatic rings. The number of thiophene rings is 1. The third kappa shape index (κ3) is 3.57. The Kier molecular flexibility index (Phi) is 4.36. The molecular weight excluding hydrogens is 246 g/mol. The van der Waals surface area contributed by atoms with Crippen LogP contribution in [0.3, 0.4) is 0 Å². The van der Waals surface area contributed by atoms with Crippen molar-refractivity contribution in [1.29, 1.82) is 0 Å². The summed E-state index contributed by atoms with van der Waals surface area (Å²) in [5.41, 5.74) is 0.727. The van der Waals surface area contributed by atoms with E-state index in [0.29, 0.717) is 6.54 Å². The zero-order valence-electron chi connectivity index (χ0n) is 10.3. The van der Waals surface area contributed by atoms with Crippen molar-refractivity contribution in [3.63, 3.8) is 0 Å². The summed E-state index contributed by atoms with van der Waals surface area (Å²) in [7, 11) is 0. The van der Waals surface area contributed by atoms with E-state index >= 15 is 0 Å². The van der Waals surface area contributed by atoms with Crippen molar-refractivity contribution in [2.24, 2.45) is 0 Å². The molecule has 1 heterocycles. The van der Waals surface area contributed by atoms with Crippen LogP contribution in [-0.2, 0) is 6.54 Å². The lowest BCUT2D eigenvalue weighted by Crippen LogP contribution is -2.20. The van der Waals surface area contributed by atoms with E-state index in [4.69, 9.17) is 0 Å². The number of benzene rings is 1. The molecule has 1 aromatic heterocycles. The third-order valence-corrected chi connectivity index (χ3v) is 3.69. The molecule has 96 valence electrons. The van der Waals surface area contributed by atoms with Crippen LogP contribution >= 0.6 is 11.3 Å². The normalized spacial score (nSPS) is 12.6. The number of phenolic OH excluding ortho intramolecular Hbond substituents is 1. The minimum absolute atomic E-state index is 0.181. The van der Waals surface area contributed by atoms with Gasteiger partial charge in [0, 0.05) is 22.8 Å². The van der Waals surface area contributed by atoms with E-state index in [0.717, 1.165) is 12.1 Å². The molecule has 0 spiro atoms. The standard InChI is InChI=1S/C14H17NO2S/c1-10-5-6-13(18-10)8-15-9-14(17)11-3-2-4-12(16)7-11/h2-7,14-17H,8-9H2,1H3. The molecular formula is C14H17NO2S. The van der Waals surface area contributed by atoms with E-state index in [9.17, 15) is 10.2 Å². The highest BCUT2D eigenvalue weighted by Crippen LogP contribution is 2.18. The van der Waals surface area contributed by atoms with Gasteiger partial charge in [-0.05, 0) is 36.8 Å². The van der Waals surface area contributed by atoms with E-state index < -0.39 is 6.10 Å². The fraction of sp³-hybridized carbons (Fsp3) is 0.286. The summed E-state index contributed by atoms with van der Waals surface area (Å²) in [6, 6.07) is 10.9. The van der Waals surface area contributed by atoms with Crippen LogP contribution in [0.1, 0.15) is 21.4 Å². The molecule has 0 aliphatic carbocycles. The Morgan fingerprint density at radius 3 is 2.78 bits per heavy atom. The van der Waals surface area contributed by atoms with Crippen LogP contribution in [0.4, 0.5) is 0 Å². The van der Waals surface area contributed by atoms with Crippen LogP contribution < -0.4 is 5.32 Å². The Hall–Kier alpha value is -1.36. The first-order valence-corrected chi connectivity index (χ1v) is 6.70. The van der Waals surface area contributed by atoms with E-state index in [1.54, 1.807) is 35.6 Å². The predicted molar refractivity (Wildman–Crippen MR) is 73.8 cm³/mol. The number of phenols is 1. The molecule has 0 saturated heterocycles. The lowest BCUT2D eigenvalue weighted by atomic mass is 10.1. The van der Waals surface area contributed by atoms with Crippen molar-refractivity contribution in [3.8, 4) is 5.75 Å². The van der Waals surface area contributed by atoms with Crippen LogP contribution in [-0.4, -0.2) is 16.8 Å². The maximum absolute atomic E-state index is 9.96. The first-order valence-electron chi connectivity index (χ1n) is 5.88. The van der Waals surface area contributed by atoms with Gasteiger partial charge in [-0.2, -0.15) is 0 Å². The van der Waals surface area contributed by atoms with Crippen LogP contribution in [0, 0.1) is 6.92 Å². The topological polar surface area (TPSA) is 52.5 Å². The molecule has 0 aliphatic rings. The summed E-state index contributed by atoms with van der Waals surface area (Å²) in [4.78, 5) is 2.55. The summed E-state index contributed by atoms with van der Waals surface area (Å²) in [5.74, 6) is 0.181. The van der Waals surface area contributed by atoms with Crippen LogP contribution in [0.15, 0.2) is 36.4 Å². The summed E-state index contributed by atoms with van der Waals surface area (Å²) in [6.45, 7) is 3.31. The highest BCUT2D eigenvalue weighted by molar-refractivity contribution is 7.11. The van der Waals surface area contributed by atoms with Crippen molar-refractivity contribution >= 4 is 11.3 Å². The first-order chi connectivity index (χ1) is 8.65. The van der Waals surface area contributed by atoms with E-state index in [1.165, 1.54) is 9.75 Å². The molecule has 1 atom stereocenters. The number of rotatable bonds is 5. The van der Waals surface area contributed by atoms with Gasteiger partial charge in [-0.3, -0.25) is 0 Å². The molecule has 0 bridgehead atoms. The fourth-order valence-corrected chi connectivity index (χ4v) is 2.62. The van der Waals surface area contributed by atoms with Gasteiger partial charge >= 0.3 is 0 Å². The number of nitrogens with one attached hydrogen (secondary N) is 1. The van der Waals surface area contributed by atoms with Gasteiger partial charge in [-0.1, -0.05) is 12.1 Å². The molecule has 3 N–H and O–H groups in total. The number of aliphatic hydroxyl groups is 1. The second-order valence-corrected chi connectivity index (χ2v) is 5.63. The second-order valence-electron chi connectivity index (χ2n) is 4.25. The summed E-state index contributed by atoms with van der Waals surface area (Å²) >= 11 is 1.75. The molecule has 0 aliphatic heterocycles. The van der Waals surface area contributed by atoms with Crippen LogP contribution in [0.5, 0.6) is 5.75 Å². The molecule has 0 fully saturated rings. The van der Waals surface area contributed by atoms with Gasteiger partial charge in [-0.25, -0.2) is 0 Å². The maximum Gasteiger partial charge on any atom is 0.115 e. The average Bonchev–Trinajstić information content (AvgIpc) is 2.75. The van der Waals surface area contributed by atoms with Crippen molar-refractivity contribution in [1.82, 2.24) is 5.32 Å². The maximum atomic E-state index is 9.96. The van der Waals surface area contributed by atoms with Gasteiger partial charge in [0.25, 0.3) is 0 Å². The number of aromatic hydroxyl groups is 1. The van der Waals surface area contributed by atoms with Gasteiger partial charge in [0.05, 0.1) is 6.10 Å². The average molecular weight is 263 g/mol. The summed E-state index contributed by atoms with van der Waals surface area (Å²) < 4.78 is 0. The minimum Gasteiger partial charge on any atom is -0.508 e. The second kappa shape index (κ2) is 6.00. The van der Waals surface area contributed by atoms with Gasteiger partial charge in [0.2, 0.25) is 0 Å². The Balaban J connectivity index is 1.83. The van der Waals surface area contributed by atoms with E-state index in [-0.39, 0.29) is 5.75 Å². The van der Waals surface area contributed by atoms with Gasteiger partial charge < -0.3 is 15.5 Å². The van der Waals surface area contributed by atoms with Crippen molar-refractivity contribution in [3.05, 3.63) is 51.7 Å². The lowest BCUT2D eigenvalue weighted by Gasteiger charge is -2.12. The molecule has 1 aromatic carbocycles. The Morgan fingerprint density at radius 2 is 2.11 bits per heavy atom. The lowest BCUT2D eigenvalue weighted by molar-refractivity contribution is 0.174. The fourth-order valence-electron chi connectivity index (χ4n) is 1.76. The monoisotopic (exact) mass is 263 g/mol. The van der Waals surface area contributed by atoms with Crippen LogP contribution in [0.2, 0.25) is 0 Å². The largest absolute Gasteiger partial charge is 0.508 e. The van der Waals surface area contributed by atoms with Crippen molar-refractivity contribution in [2.75, 3.05) is 6.54 Å². The molecule has 0 radical (unpaired) electrons. The Morgan fingerprint density at radius 1 is 1.28 bits per heavy atom. The highest BCUT2D eigenvalue weighted by Gasteiger charge is 2.07. The number of aryl methyl sites for hydroxylation is 1. The predicted octanol–water partition coefficient (Wildman–Crippen LogP) is 2.59. The molecule has 0 amide bonds. The Bertz CT molecular complexity index is 510. The van der Waals surface area contributed by atoms with Crippen LogP contribution in [0.25, 0.3) is 0 Å². The van der Waals surface area contributed by atoms with Crippen molar-refractivity contribution in [2.45, 2.75) is 19.6 Å². The molecule has 3 nitrogen and oxygen atoms in total. The quantitative estimate of drug-likeness (QED) is 0.777. The first kappa shape index (κ1) is 13.1. The zero-order valence-corrected chi connectivity index (χ0v) is 11.1. The number of aliphatic hydroxyl groups excluding tert-OH is 1. The molecule has 2 rings (SSSR count). The molecule has 18 heavy (non-hydrogen) atoms. The molecule has 4 heteroatoms. The summed E-state index contributed by atoms with van der Waals surface area (Å²) in [5, 5.41) is 22.5. The molecule has 1 unspecified atom stereocenters. The minimum atomic E-state index is -0.599.